The van der Waals surface area contributed by atoms with Crippen LogP contribution in [0.25, 0.3) is 0 Å². The Labute approximate surface area is 104 Å². The third-order valence-corrected chi connectivity index (χ3v) is 2.93. The largest absolute Gasteiger partial charge is 0.480 e. The highest BCUT2D eigenvalue weighted by Crippen LogP contribution is 2.09. The molecular weight excluding hydrogens is 238 g/mol. The van der Waals surface area contributed by atoms with Crippen molar-refractivity contribution >= 4 is 12.0 Å². The number of nitrogens with one attached hydrogen (secondary N) is 1. The third-order valence-electron chi connectivity index (χ3n) is 2.93. The van der Waals surface area contributed by atoms with Crippen LogP contribution in [-0.4, -0.2) is 49.4 Å². The highest BCUT2D eigenvalue weighted by atomic mass is 16.4. The summed E-state index contributed by atoms with van der Waals surface area (Å²) in [7, 11) is 0. The molecule has 8 heteroatoms. The molecule has 1 aromatic rings. The lowest BCUT2D eigenvalue weighted by Crippen LogP contribution is -2.49. The molecule has 0 aromatic carbocycles. The van der Waals surface area contributed by atoms with Gasteiger partial charge in [0.15, 0.2) is 5.82 Å². The monoisotopic (exact) mass is 253 g/mol. The highest BCUT2D eigenvalue weighted by Gasteiger charge is 2.25. The predicted molar refractivity (Wildman–Crippen MR) is 60.7 cm³/mol. The molecule has 0 bridgehead atoms. The van der Waals surface area contributed by atoms with Crippen LogP contribution in [-0.2, 0) is 17.9 Å². The summed E-state index contributed by atoms with van der Waals surface area (Å²) < 4.78 is 1.87. The van der Waals surface area contributed by atoms with Crippen LogP contribution < -0.4 is 5.32 Å². The van der Waals surface area contributed by atoms with E-state index < -0.39 is 12.0 Å². The summed E-state index contributed by atoms with van der Waals surface area (Å²) in [5, 5.41) is 19.0. The second-order valence-electron chi connectivity index (χ2n) is 4.11. The number of urea groups is 1. The number of aliphatic carboxylic acids is 1. The lowest BCUT2D eigenvalue weighted by atomic mass is 10.2. The first-order valence-electron chi connectivity index (χ1n) is 5.76. The SMILES string of the molecule is CC[C@H](NC(=O)N1CCn2cnnc2C1)C(=O)O. The molecule has 0 fully saturated rings. The molecule has 2 heterocycles. The molecular formula is C10H15N5O3. The Hall–Kier alpha value is -2.12. The van der Waals surface area contributed by atoms with Crippen molar-refractivity contribution in [1.29, 1.82) is 0 Å². The molecule has 18 heavy (non-hydrogen) atoms. The number of hydrogen-bond donors (Lipinski definition) is 2. The number of hydrogen-bond acceptors (Lipinski definition) is 4. The van der Waals surface area contributed by atoms with Crippen LogP contribution in [0.4, 0.5) is 4.79 Å². The van der Waals surface area contributed by atoms with E-state index in [1.807, 2.05) is 4.57 Å². The molecule has 98 valence electrons. The number of carbonyl (C=O) groups excluding carboxylic acids is 1. The number of nitrogens with zero attached hydrogens (tertiary/aromatic N) is 4. The maximum absolute atomic E-state index is 11.9. The van der Waals surface area contributed by atoms with Gasteiger partial charge in [-0.15, -0.1) is 10.2 Å². The molecule has 0 aliphatic carbocycles. The Kier molecular flexibility index (Phi) is 3.45. The van der Waals surface area contributed by atoms with Crippen molar-refractivity contribution in [1.82, 2.24) is 25.0 Å². The lowest BCUT2D eigenvalue weighted by Gasteiger charge is -2.28. The standard InChI is InChI=1S/C10H15N5O3/c1-2-7(9(16)17)12-10(18)14-3-4-15-6-11-13-8(15)5-14/h6-7H,2-5H2,1H3,(H,12,18)(H,16,17)/t7-/m0/s1. The van der Waals surface area contributed by atoms with E-state index in [9.17, 15) is 9.59 Å². The lowest BCUT2D eigenvalue weighted by molar-refractivity contribution is -0.139. The Morgan fingerprint density at radius 1 is 1.56 bits per heavy atom. The van der Waals surface area contributed by atoms with Gasteiger partial charge in [0.25, 0.3) is 0 Å². The van der Waals surface area contributed by atoms with E-state index in [0.717, 1.165) is 0 Å². The molecule has 1 atom stereocenters. The zero-order valence-electron chi connectivity index (χ0n) is 10.0. The van der Waals surface area contributed by atoms with E-state index in [-0.39, 0.29) is 6.03 Å². The van der Waals surface area contributed by atoms with Crippen molar-refractivity contribution in [2.24, 2.45) is 0 Å². The summed E-state index contributed by atoms with van der Waals surface area (Å²) in [6.45, 7) is 3.21. The average molecular weight is 253 g/mol. The van der Waals surface area contributed by atoms with E-state index in [4.69, 9.17) is 5.11 Å². The Morgan fingerprint density at radius 2 is 2.33 bits per heavy atom. The van der Waals surface area contributed by atoms with Crippen LogP contribution in [0.2, 0.25) is 0 Å². The van der Waals surface area contributed by atoms with Crippen molar-refractivity contribution in [3.05, 3.63) is 12.2 Å². The summed E-state index contributed by atoms with van der Waals surface area (Å²) >= 11 is 0. The van der Waals surface area contributed by atoms with Crippen molar-refractivity contribution < 1.29 is 14.7 Å². The van der Waals surface area contributed by atoms with Gasteiger partial charge in [-0.05, 0) is 6.42 Å². The van der Waals surface area contributed by atoms with Crippen LogP contribution in [0.3, 0.4) is 0 Å². The molecule has 1 aromatic heterocycles. The fourth-order valence-electron chi connectivity index (χ4n) is 1.82. The minimum Gasteiger partial charge on any atom is -0.480 e. The Morgan fingerprint density at radius 3 is 3.00 bits per heavy atom. The smallest absolute Gasteiger partial charge is 0.326 e. The summed E-state index contributed by atoms with van der Waals surface area (Å²) in [6, 6.07) is -1.23. The number of rotatable bonds is 3. The molecule has 2 N–H and O–H groups in total. The number of aromatic nitrogens is 3. The minimum absolute atomic E-state index is 0.349. The molecule has 0 spiro atoms. The third kappa shape index (κ3) is 2.41. The zero-order chi connectivity index (χ0) is 13.1. The first-order valence-corrected chi connectivity index (χ1v) is 5.76. The van der Waals surface area contributed by atoms with Gasteiger partial charge < -0.3 is 19.9 Å². The van der Waals surface area contributed by atoms with E-state index >= 15 is 0 Å². The normalized spacial score (nSPS) is 15.9. The number of carboxylic acid groups (broad SMARTS) is 1. The van der Waals surface area contributed by atoms with Crippen LogP contribution >= 0.6 is 0 Å². The second-order valence-corrected chi connectivity index (χ2v) is 4.11. The van der Waals surface area contributed by atoms with Gasteiger partial charge >= 0.3 is 12.0 Å². The van der Waals surface area contributed by atoms with Crippen molar-refractivity contribution in [2.45, 2.75) is 32.5 Å². The van der Waals surface area contributed by atoms with Crippen molar-refractivity contribution in [3.63, 3.8) is 0 Å². The first kappa shape index (κ1) is 12.3. The molecule has 2 rings (SSSR count). The molecule has 1 aliphatic rings. The van der Waals surface area contributed by atoms with Gasteiger partial charge in [0.05, 0.1) is 6.54 Å². The van der Waals surface area contributed by atoms with Crippen molar-refractivity contribution in [3.8, 4) is 0 Å². The highest BCUT2D eigenvalue weighted by molar-refractivity contribution is 5.82. The van der Waals surface area contributed by atoms with E-state index in [0.29, 0.717) is 31.9 Å². The van der Waals surface area contributed by atoms with Crippen molar-refractivity contribution in [2.75, 3.05) is 6.54 Å². The molecule has 1 aliphatic heterocycles. The molecule has 0 radical (unpaired) electrons. The van der Waals surface area contributed by atoms with Gasteiger partial charge in [-0.25, -0.2) is 9.59 Å². The van der Waals surface area contributed by atoms with Crippen LogP contribution in [0.1, 0.15) is 19.2 Å². The van der Waals surface area contributed by atoms with Crippen LogP contribution in [0, 0.1) is 0 Å². The Bertz CT molecular complexity index is 458. The van der Waals surface area contributed by atoms with Crippen LogP contribution in [0.15, 0.2) is 6.33 Å². The van der Waals surface area contributed by atoms with Gasteiger partial charge in [0.1, 0.15) is 12.4 Å². The molecule has 2 amide bonds. The molecule has 8 nitrogen and oxygen atoms in total. The van der Waals surface area contributed by atoms with E-state index in [1.54, 1.807) is 13.3 Å². The maximum atomic E-state index is 11.9. The molecule has 0 saturated carbocycles. The number of carboxylic acids is 1. The maximum Gasteiger partial charge on any atom is 0.326 e. The Balaban J connectivity index is 1.97. The predicted octanol–water partition coefficient (Wildman–Crippen LogP) is -0.334. The molecule has 0 unspecified atom stereocenters. The summed E-state index contributed by atoms with van der Waals surface area (Å²) in [5.74, 6) is -0.314. The fraction of sp³-hybridized carbons (Fsp3) is 0.600. The first-order chi connectivity index (χ1) is 8.61. The van der Waals surface area contributed by atoms with E-state index in [1.165, 1.54) is 4.90 Å². The van der Waals surface area contributed by atoms with Gasteiger partial charge in [-0.2, -0.15) is 0 Å². The zero-order valence-corrected chi connectivity index (χ0v) is 10.0. The second kappa shape index (κ2) is 5.03. The summed E-state index contributed by atoms with van der Waals surface area (Å²) in [5.41, 5.74) is 0. The minimum atomic E-state index is -1.02. The van der Waals surface area contributed by atoms with Gasteiger partial charge in [0.2, 0.25) is 0 Å². The van der Waals surface area contributed by atoms with Gasteiger partial charge in [-0.3, -0.25) is 0 Å². The number of amides is 2. The van der Waals surface area contributed by atoms with E-state index in [2.05, 4.69) is 15.5 Å². The van der Waals surface area contributed by atoms with Crippen LogP contribution in [0.5, 0.6) is 0 Å². The van der Waals surface area contributed by atoms with Gasteiger partial charge in [-0.1, -0.05) is 6.92 Å². The topological polar surface area (TPSA) is 100 Å². The van der Waals surface area contributed by atoms with Gasteiger partial charge in [0, 0.05) is 13.1 Å². The average Bonchev–Trinajstić information content (AvgIpc) is 2.82. The number of carbonyl (C=O) groups is 2. The summed E-state index contributed by atoms with van der Waals surface area (Å²) in [6.07, 6.45) is 1.97. The number of fused-ring (bicyclic) bond motifs is 1. The fourth-order valence-corrected chi connectivity index (χ4v) is 1.82. The quantitative estimate of drug-likeness (QED) is 0.768. The summed E-state index contributed by atoms with van der Waals surface area (Å²) in [4.78, 5) is 24.3. The molecule has 0 saturated heterocycles.